The van der Waals surface area contributed by atoms with Gasteiger partial charge in [-0.15, -0.1) is 0 Å². The fourth-order valence-corrected chi connectivity index (χ4v) is 2.25. The van der Waals surface area contributed by atoms with Gasteiger partial charge in [0.05, 0.1) is 0 Å². The zero-order valence-corrected chi connectivity index (χ0v) is 12.0. The molecule has 0 amide bonds. The summed E-state index contributed by atoms with van der Waals surface area (Å²) in [5, 5.41) is 7.66. The summed E-state index contributed by atoms with van der Waals surface area (Å²) >= 11 is 3.42. The van der Waals surface area contributed by atoms with Gasteiger partial charge in [-0.3, -0.25) is 5.41 Å². The molecule has 0 heterocycles. The number of benzene rings is 1. The molecule has 0 atom stereocenters. The van der Waals surface area contributed by atoms with Crippen LogP contribution in [-0.4, -0.2) is 18.9 Å². The van der Waals surface area contributed by atoms with Gasteiger partial charge in [0, 0.05) is 28.8 Å². The fourth-order valence-electron chi connectivity index (χ4n) is 1.89. The van der Waals surface area contributed by atoms with Gasteiger partial charge in [-0.05, 0) is 31.0 Å². The predicted molar refractivity (Wildman–Crippen MR) is 78.0 cm³/mol. The molecular formula is C13H20BrN3. The topological polar surface area (TPSA) is 53.1 Å². The molecule has 0 bridgehead atoms. The largest absolute Gasteiger partial charge is 0.384 e. The fraction of sp³-hybridized carbons (Fsp3) is 0.462. The molecule has 1 aromatic rings. The molecule has 0 aromatic heterocycles. The van der Waals surface area contributed by atoms with Gasteiger partial charge in [0.2, 0.25) is 0 Å². The second-order valence-electron chi connectivity index (χ2n) is 4.06. The summed E-state index contributed by atoms with van der Waals surface area (Å²) in [6, 6.07) is 5.95. The molecule has 0 unspecified atom stereocenters. The van der Waals surface area contributed by atoms with Crippen LogP contribution in [0.3, 0.4) is 0 Å². The first kappa shape index (κ1) is 14.0. The van der Waals surface area contributed by atoms with Crippen LogP contribution in [0.1, 0.15) is 32.3 Å². The van der Waals surface area contributed by atoms with Crippen molar-refractivity contribution in [1.29, 1.82) is 5.41 Å². The SMILES string of the molecule is CCCN(CCC)c1ccc(Br)cc1C(=N)N. The van der Waals surface area contributed by atoms with E-state index in [2.05, 4.69) is 34.7 Å². The van der Waals surface area contributed by atoms with Gasteiger partial charge in [0.1, 0.15) is 5.84 Å². The Morgan fingerprint density at radius 3 is 2.35 bits per heavy atom. The van der Waals surface area contributed by atoms with E-state index < -0.39 is 0 Å². The number of nitrogens with one attached hydrogen (secondary N) is 1. The summed E-state index contributed by atoms with van der Waals surface area (Å²) in [4.78, 5) is 2.29. The summed E-state index contributed by atoms with van der Waals surface area (Å²) in [7, 11) is 0. The van der Waals surface area contributed by atoms with Crippen LogP contribution in [0.2, 0.25) is 0 Å². The minimum atomic E-state index is 0.124. The highest BCUT2D eigenvalue weighted by Gasteiger charge is 2.12. The third-order valence-electron chi connectivity index (χ3n) is 2.58. The molecule has 0 saturated heterocycles. The molecule has 4 heteroatoms. The Morgan fingerprint density at radius 1 is 1.29 bits per heavy atom. The van der Waals surface area contributed by atoms with Crippen molar-refractivity contribution in [3.8, 4) is 0 Å². The molecule has 0 aliphatic heterocycles. The van der Waals surface area contributed by atoms with E-state index in [1.165, 1.54) is 0 Å². The van der Waals surface area contributed by atoms with Gasteiger partial charge in [-0.1, -0.05) is 29.8 Å². The Hall–Kier alpha value is -1.03. The van der Waals surface area contributed by atoms with Crippen molar-refractivity contribution >= 4 is 27.5 Å². The molecule has 17 heavy (non-hydrogen) atoms. The first-order valence-corrected chi connectivity index (χ1v) is 6.78. The second-order valence-corrected chi connectivity index (χ2v) is 4.98. The van der Waals surface area contributed by atoms with E-state index >= 15 is 0 Å². The molecule has 0 spiro atoms. The standard InChI is InChI=1S/C13H20BrN3/c1-3-7-17(8-4-2)12-6-5-10(14)9-11(12)13(15)16/h5-6,9H,3-4,7-8H2,1-2H3,(H3,15,16). The monoisotopic (exact) mass is 297 g/mol. The quantitative estimate of drug-likeness (QED) is 0.625. The minimum Gasteiger partial charge on any atom is -0.384 e. The maximum atomic E-state index is 7.66. The number of anilines is 1. The van der Waals surface area contributed by atoms with Crippen LogP contribution in [0.4, 0.5) is 5.69 Å². The third kappa shape index (κ3) is 3.73. The number of hydrogen-bond donors (Lipinski definition) is 2. The minimum absolute atomic E-state index is 0.124. The molecule has 94 valence electrons. The van der Waals surface area contributed by atoms with Crippen LogP contribution >= 0.6 is 15.9 Å². The van der Waals surface area contributed by atoms with Crippen LogP contribution in [0.25, 0.3) is 0 Å². The summed E-state index contributed by atoms with van der Waals surface area (Å²) in [6.07, 6.45) is 2.18. The van der Waals surface area contributed by atoms with Crippen LogP contribution < -0.4 is 10.6 Å². The maximum absolute atomic E-state index is 7.66. The van der Waals surface area contributed by atoms with Crippen LogP contribution in [0.15, 0.2) is 22.7 Å². The van der Waals surface area contributed by atoms with Crippen LogP contribution in [0, 0.1) is 5.41 Å². The van der Waals surface area contributed by atoms with Crippen LogP contribution in [0.5, 0.6) is 0 Å². The molecule has 3 N–H and O–H groups in total. The van der Waals surface area contributed by atoms with E-state index in [1.54, 1.807) is 0 Å². The highest BCUT2D eigenvalue weighted by Crippen LogP contribution is 2.24. The average Bonchev–Trinajstić information content (AvgIpc) is 2.28. The number of nitrogens with zero attached hydrogens (tertiary/aromatic N) is 1. The van der Waals surface area contributed by atoms with Crippen molar-refractivity contribution < 1.29 is 0 Å². The molecule has 0 aliphatic carbocycles. The first-order chi connectivity index (χ1) is 8.10. The molecule has 3 nitrogen and oxygen atoms in total. The maximum Gasteiger partial charge on any atom is 0.124 e. The molecule has 1 rings (SSSR count). The predicted octanol–water partition coefficient (Wildman–Crippen LogP) is 3.36. The highest BCUT2D eigenvalue weighted by atomic mass is 79.9. The lowest BCUT2D eigenvalue weighted by Crippen LogP contribution is -2.28. The van der Waals surface area contributed by atoms with E-state index in [0.29, 0.717) is 0 Å². The van der Waals surface area contributed by atoms with Crippen molar-refractivity contribution in [2.45, 2.75) is 26.7 Å². The Kier molecular flexibility index (Phi) is 5.48. The normalized spacial score (nSPS) is 10.3. The zero-order chi connectivity index (χ0) is 12.8. The number of hydrogen-bond acceptors (Lipinski definition) is 2. The Labute approximate surface area is 112 Å². The van der Waals surface area contributed by atoms with Gasteiger partial charge in [0.25, 0.3) is 0 Å². The van der Waals surface area contributed by atoms with E-state index in [4.69, 9.17) is 11.1 Å². The Balaban J connectivity index is 3.12. The lowest BCUT2D eigenvalue weighted by molar-refractivity contribution is 0.744. The highest BCUT2D eigenvalue weighted by molar-refractivity contribution is 9.10. The Morgan fingerprint density at radius 2 is 1.88 bits per heavy atom. The molecule has 0 radical (unpaired) electrons. The van der Waals surface area contributed by atoms with E-state index in [9.17, 15) is 0 Å². The van der Waals surface area contributed by atoms with Gasteiger partial charge in [-0.2, -0.15) is 0 Å². The number of amidine groups is 1. The molecule has 1 aromatic carbocycles. The molecular weight excluding hydrogens is 278 g/mol. The lowest BCUT2D eigenvalue weighted by Gasteiger charge is -2.26. The third-order valence-corrected chi connectivity index (χ3v) is 3.07. The Bertz CT molecular complexity index is 384. The zero-order valence-electron chi connectivity index (χ0n) is 10.5. The van der Waals surface area contributed by atoms with Gasteiger partial charge < -0.3 is 10.6 Å². The summed E-state index contributed by atoms with van der Waals surface area (Å²) in [5.41, 5.74) is 7.52. The molecule has 0 aliphatic rings. The first-order valence-electron chi connectivity index (χ1n) is 5.99. The molecule has 0 fully saturated rings. The van der Waals surface area contributed by atoms with Gasteiger partial charge in [-0.25, -0.2) is 0 Å². The van der Waals surface area contributed by atoms with Crippen molar-refractivity contribution in [2.24, 2.45) is 5.73 Å². The summed E-state index contributed by atoms with van der Waals surface area (Å²) in [5.74, 6) is 0.124. The summed E-state index contributed by atoms with van der Waals surface area (Å²) in [6.45, 7) is 6.31. The van der Waals surface area contributed by atoms with Gasteiger partial charge in [0.15, 0.2) is 0 Å². The average molecular weight is 298 g/mol. The van der Waals surface area contributed by atoms with Crippen molar-refractivity contribution in [3.63, 3.8) is 0 Å². The molecule has 0 saturated carbocycles. The number of rotatable bonds is 6. The number of nitrogens with two attached hydrogens (primary N) is 1. The van der Waals surface area contributed by atoms with Crippen LogP contribution in [-0.2, 0) is 0 Å². The van der Waals surface area contributed by atoms with E-state index in [-0.39, 0.29) is 5.84 Å². The van der Waals surface area contributed by atoms with E-state index in [1.807, 2.05) is 18.2 Å². The smallest absolute Gasteiger partial charge is 0.124 e. The lowest BCUT2D eigenvalue weighted by atomic mass is 10.1. The number of nitrogen functional groups attached to an aromatic ring is 1. The summed E-state index contributed by atoms with van der Waals surface area (Å²) < 4.78 is 0.958. The van der Waals surface area contributed by atoms with E-state index in [0.717, 1.165) is 41.7 Å². The van der Waals surface area contributed by atoms with Gasteiger partial charge >= 0.3 is 0 Å². The second kappa shape index (κ2) is 6.64. The van der Waals surface area contributed by atoms with Crippen molar-refractivity contribution in [2.75, 3.05) is 18.0 Å². The van der Waals surface area contributed by atoms with Crippen molar-refractivity contribution in [1.82, 2.24) is 0 Å². The number of halogens is 1. The van der Waals surface area contributed by atoms with Crippen molar-refractivity contribution in [3.05, 3.63) is 28.2 Å².